The van der Waals surface area contributed by atoms with Gasteiger partial charge in [-0.3, -0.25) is 4.79 Å². The van der Waals surface area contributed by atoms with E-state index in [1.165, 1.54) is 6.26 Å². The highest BCUT2D eigenvalue weighted by molar-refractivity contribution is 9.10. The lowest BCUT2D eigenvalue weighted by atomic mass is 10.0. The van der Waals surface area contributed by atoms with Gasteiger partial charge in [0, 0.05) is 25.2 Å². The molecule has 0 radical (unpaired) electrons. The summed E-state index contributed by atoms with van der Waals surface area (Å²) in [6.45, 7) is 1.33. The number of amides is 1. The van der Waals surface area contributed by atoms with E-state index in [0.29, 0.717) is 16.8 Å². The minimum Gasteiger partial charge on any atom is -0.457 e. The molecular formula is C11H15BrN2O2. The molecule has 1 aromatic heterocycles. The molecule has 1 saturated heterocycles. The molecule has 1 fully saturated rings. The van der Waals surface area contributed by atoms with E-state index in [1.807, 2.05) is 4.90 Å². The van der Waals surface area contributed by atoms with Crippen LogP contribution in [0.5, 0.6) is 0 Å². The van der Waals surface area contributed by atoms with Crippen molar-refractivity contribution in [3.8, 4) is 0 Å². The number of nitrogens with two attached hydrogens (primary N) is 1. The Kier molecular flexibility index (Phi) is 3.66. The number of halogens is 1. The van der Waals surface area contributed by atoms with Crippen LogP contribution in [0.3, 0.4) is 0 Å². The molecule has 5 heteroatoms. The molecule has 1 aromatic rings. The second-order valence-corrected chi connectivity index (χ2v) is 4.80. The van der Waals surface area contributed by atoms with Gasteiger partial charge in [-0.2, -0.15) is 0 Å². The predicted octanol–water partition coefficient (Wildman–Crippen LogP) is 2.00. The maximum Gasteiger partial charge on any atom is 0.257 e. The van der Waals surface area contributed by atoms with E-state index in [4.69, 9.17) is 10.2 Å². The Bertz CT molecular complexity index is 378. The van der Waals surface area contributed by atoms with E-state index in [1.54, 1.807) is 6.07 Å². The standard InChI is InChI=1S/C11H15BrN2O2/c12-10-5-8(7-16-10)11(15)14-4-2-1-3-9(14)6-13/h5,7,9H,1-4,6,13H2. The summed E-state index contributed by atoms with van der Waals surface area (Å²) in [6, 6.07) is 1.87. The van der Waals surface area contributed by atoms with Crippen molar-refractivity contribution in [3.05, 3.63) is 22.6 Å². The van der Waals surface area contributed by atoms with E-state index in [-0.39, 0.29) is 11.9 Å². The Labute approximate surface area is 103 Å². The fourth-order valence-corrected chi connectivity index (χ4v) is 2.44. The Morgan fingerprint density at radius 3 is 3.06 bits per heavy atom. The molecule has 0 spiro atoms. The lowest BCUT2D eigenvalue weighted by Crippen LogP contribution is -2.47. The second kappa shape index (κ2) is 5.01. The van der Waals surface area contributed by atoms with Crippen LogP contribution in [-0.4, -0.2) is 29.9 Å². The lowest BCUT2D eigenvalue weighted by molar-refractivity contribution is 0.0622. The predicted molar refractivity (Wildman–Crippen MR) is 64.1 cm³/mol. The highest BCUT2D eigenvalue weighted by atomic mass is 79.9. The van der Waals surface area contributed by atoms with Gasteiger partial charge in [0.15, 0.2) is 4.67 Å². The number of carbonyl (C=O) groups excluding carboxylic acids is 1. The number of likely N-dealkylation sites (tertiary alicyclic amines) is 1. The van der Waals surface area contributed by atoms with Crippen molar-refractivity contribution >= 4 is 21.8 Å². The van der Waals surface area contributed by atoms with E-state index in [9.17, 15) is 4.79 Å². The molecule has 4 nitrogen and oxygen atoms in total. The lowest BCUT2D eigenvalue weighted by Gasteiger charge is -2.34. The summed E-state index contributed by atoms with van der Waals surface area (Å²) in [5, 5.41) is 0. The molecule has 2 N–H and O–H groups in total. The van der Waals surface area contributed by atoms with Gasteiger partial charge in [-0.05, 0) is 35.2 Å². The first-order chi connectivity index (χ1) is 7.72. The van der Waals surface area contributed by atoms with Crippen LogP contribution in [0.25, 0.3) is 0 Å². The smallest absolute Gasteiger partial charge is 0.257 e. The van der Waals surface area contributed by atoms with Gasteiger partial charge in [0.2, 0.25) is 0 Å². The maximum atomic E-state index is 12.2. The van der Waals surface area contributed by atoms with Crippen LogP contribution in [0, 0.1) is 0 Å². The topological polar surface area (TPSA) is 59.5 Å². The zero-order valence-electron chi connectivity index (χ0n) is 8.99. The van der Waals surface area contributed by atoms with Gasteiger partial charge in [0.05, 0.1) is 5.56 Å². The fraction of sp³-hybridized carbons (Fsp3) is 0.545. The van der Waals surface area contributed by atoms with Crippen LogP contribution in [0.15, 0.2) is 21.4 Å². The van der Waals surface area contributed by atoms with E-state index in [2.05, 4.69) is 15.9 Å². The molecule has 0 aromatic carbocycles. The van der Waals surface area contributed by atoms with Gasteiger partial charge in [-0.15, -0.1) is 0 Å². The van der Waals surface area contributed by atoms with Crippen LogP contribution in [0.2, 0.25) is 0 Å². The van der Waals surface area contributed by atoms with E-state index < -0.39 is 0 Å². The van der Waals surface area contributed by atoms with Gasteiger partial charge in [0.1, 0.15) is 6.26 Å². The molecule has 0 aliphatic carbocycles. The molecule has 2 heterocycles. The van der Waals surface area contributed by atoms with E-state index in [0.717, 1.165) is 25.8 Å². The van der Waals surface area contributed by atoms with E-state index >= 15 is 0 Å². The van der Waals surface area contributed by atoms with Gasteiger partial charge in [-0.25, -0.2) is 0 Å². The first kappa shape index (κ1) is 11.7. The van der Waals surface area contributed by atoms with Crippen LogP contribution in [0.1, 0.15) is 29.6 Å². The zero-order valence-corrected chi connectivity index (χ0v) is 10.6. The third kappa shape index (κ3) is 2.30. The minimum absolute atomic E-state index is 0.0181. The number of nitrogens with zero attached hydrogens (tertiary/aromatic N) is 1. The van der Waals surface area contributed by atoms with Crippen molar-refractivity contribution in [1.29, 1.82) is 0 Å². The van der Waals surface area contributed by atoms with Crippen molar-refractivity contribution in [2.24, 2.45) is 5.73 Å². The molecule has 0 bridgehead atoms. The second-order valence-electron chi connectivity index (χ2n) is 4.02. The van der Waals surface area contributed by atoms with Gasteiger partial charge in [0.25, 0.3) is 5.91 Å². The molecule has 1 atom stereocenters. The molecule has 1 amide bonds. The minimum atomic E-state index is 0.0181. The summed E-state index contributed by atoms with van der Waals surface area (Å²) in [5.74, 6) is 0.0181. The number of rotatable bonds is 2. The summed E-state index contributed by atoms with van der Waals surface area (Å²) in [5.41, 5.74) is 6.28. The van der Waals surface area contributed by atoms with Crippen molar-refractivity contribution in [2.75, 3.05) is 13.1 Å². The summed E-state index contributed by atoms with van der Waals surface area (Å²) >= 11 is 3.19. The Morgan fingerprint density at radius 2 is 2.44 bits per heavy atom. The SMILES string of the molecule is NCC1CCCCN1C(=O)c1coc(Br)c1. The zero-order chi connectivity index (χ0) is 11.5. The average molecular weight is 287 g/mol. The summed E-state index contributed by atoms with van der Waals surface area (Å²) in [4.78, 5) is 14.0. The van der Waals surface area contributed by atoms with Crippen molar-refractivity contribution in [1.82, 2.24) is 4.90 Å². The number of carbonyl (C=O) groups is 1. The Balaban J connectivity index is 2.13. The molecule has 1 aliphatic heterocycles. The first-order valence-electron chi connectivity index (χ1n) is 5.47. The summed E-state index contributed by atoms with van der Waals surface area (Å²) < 4.78 is 5.66. The first-order valence-corrected chi connectivity index (χ1v) is 6.26. The molecule has 1 aliphatic rings. The quantitative estimate of drug-likeness (QED) is 0.905. The number of hydrogen-bond acceptors (Lipinski definition) is 3. The van der Waals surface area contributed by atoms with Gasteiger partial charge < -0.3 is 15.1 Å². The highest BCUT2D eigenvalue weighted by Gasteiger charge is 2.27. The number of hydrogen-bond donors (Lipinski definition) is 1. The average Bonchev–Trinajstić information content (AvgIpc) is 2.75. The van der Waals surface area contributed by atoms with Crippen LogP contribution in [-0.2, 0) is 0 Å². The van der Waals surface area contributed by atoms with Crippen LogP contribution in [0.4, 0.5) is 0 Å². The fourth-order valence-electron chi connectivity index (χ4n) is 2.10. The van der Waals surface area contributed by atoms with Crippen LogP contribution >= 0.6 is 15.9 Å². The molecule has 88 valence electrons. The third-order valence-electron chi connectivity index (χ3n) is 2.97. The van der Waals surface area contributed by atoms with Crippen molar-refractivity contribution in [2.45, 2.75) is 25.3 Å². The largest absolute Gasteiger partial charge is 0.457 e. The van der Waals surface area contributed by atoms with Gasteiger partial charge >= 0.3 is 0 Å². The normalized spacial score (nSPS) is 21.1. The van der Waals surface area contributed by atoms with Crippen molar-refractivity contribution < 1.29 is 9.21 Å². The molecular weight excluding hydrogens is 272 g/mol. The molecule has 16 heavy (non-hydrogen) atoms. The number of furan rings is 1. The Morgan fingerprint density at radius 1 is 1.62 bits per heavy atom. The number of piperidine rings is 1. The summed E-state index contributed by atoms with van der Waals surface area (Å²) in [7, 11) is 0. The van der Waals surface area contributed by atoms with Crippen LogP contribution < -0.4 is 5.73 Å². The Hall–Kier alpha value is -0.810. The summed E-state index contributed by atoms with van der Waals surface area (Å²) in [6.07, 6.45) is 4.69. The molecule has 2 rings (SSSR count). The van der Waals surface area contributed by atoms with Crippen molar-refractivity contribution in [3.63, 3.8) is 0 Å². The monoisotopic (exact) mass is 286 g/mol. The molecule has 0 saturated carbocycles. The highest BCUT2D eigenvalue weighted by Crippen LogP contribution is 2.21. The van der Waals surface area contributed by atoms with Gasteiger partial charge in [-0.1, -0.05) is 0 Å². The maximum absolute atomic E-state index is 12.2. The third-order valence-corrected chi connectivity index (χ3v) is 3.39. The molecule has 1 unspecified atom stereocenters.